The highest BCUT2D eigenvalue weighted by molar-refractivity contribution is 9.09. The summed E-state index contributed by atoms with van der Waals surface area (Å²) in [5.41, 5.74) is -0.431. The molecule has 1 aromatic carbocycles. The van der Waals surface area contributed by atoms with Gasteiger partial charge in [-0.25, -0.2) is 13.1 Å². The Morgan fingerprint density at radius 3 is 2.67 bits per heavy atom. The largest absolute Gasteiger partial charge is 0.289 e. The average Bonchev–Trinajstić information content (AvgIpc) is 2.29. The van der Waals surface area contributed by atoms with E-state index in [0.29, 0.717) is 11.8 Å². The highest BCUT2D eigenvalue weighted by atomic mass is 79.9. The van der Waals surface area contributed by atoms with Crippen LogP contribution in [0.4, 0.5) is 5.69 Å². The van der Waals surface area contributed by atoms with Crippen LogP contribution in [-0.4, -0.2) is 25.2 Å². The highest BCUT2D eigenvalue weighted by Gasteiger charge is 2.20. The van der Waals surface area contributed by atoms with E-state index in [1.807, 2.05) is 0 Å². The molecule has 0 heterocycles. The van der Waals surface area contributed by atoms with Crippen molar-refractivity contribution >= 4 is 43.2 Å². The topological polar surface area (TPSA) is 89.3 Å². The zero-order valence-corrected chi connectivity index (χ0v) is 12.3. The van der Waals surface area contributed by atoms with E-state index >= 15 is 0 Å². The Kier molecular flexibility index (Phi) is 5.51. The first-order chi connectivity index (χ1) is 8.38. The van der Waals surface area contributed by atoms with Gasteiger partial charge in [-0.3, -0.25) is 10.1 Å². The molecule has 0 fully saturated rings. The number of nitrogens with zero attached hydrogens (tertiary/aromatic N) is 1. The summed E-state index contributed by atoms with van der Waals surface area (Å²) in [5.74, 6) is 0. The van der Waals surface area contributed by atoms with Gasteiger partial charge in [-0.05, 0) is 18.6 Å². The van der Waals surface area contributed by atoms with Crippen LogP contribution >= 0.6 is 27.5 Å². The standard InChI is InChI=1S/C9H10BrClN2O4S/c10-4-1-5-12-18(16,17)7-2-3-8(11)9(6-7)13(14)15/h2-3,6,12H,1,4-5H2. The molecular weight excluding hydrogens is 348 g/mol. The molecule has 0 amide bonds. The Hall–Kier alpha value is -0.700. The molecule has 1 N–H and O–H groups in total. The summed E-state index contributed by atoms with van der Waals surface area (Å²) in [6.45, 7) is 0.254. The Labute approximate surface area is 118 Å². The van der Waals surface area contributed by atoms with Crippen molar-refractivity contribution in [2.75, 3.05) is 11.9 Å². The number of nitro groups is 1. The number of sulfonamides is 1. The summed E-state index contributed by atoms with van der Waals surface area (Å²) < 4.78 is 25.9. The monoisotopic (exact) mass is 356 g/mol. The maximum absolute atomic E-state index is 11.8. The number of hydrogen-bond acceptors (Lipinski definition) is 4. The lowest BCUT2D eigenvalue weighted by atomic mass is 10.3. The zero-order valence-electron chi connectivity index (χ0n) is 9.10. The molecule has 0 aliphatic rings. The van der Waals surface area contributed by atoms with Crippen LogP contribution in [0, 0.1) is 10.1 Å². The SMILES string of the molecule is O=[N+]([O-])c1cc(S(=O)(=O)NCCCBr)ccc1Cl. The first-order valence-corrected chi connectivity index (χ1v) is 7.86. The van der Waals surface area contributed by atoms with Gasteiger partial charge in [-0.1, -0.05) is 27.5 Å². The molecule has 0 aliphatic heterocycles. The second-order valence-electron chi connectivity index (χ2n) is 3.31. The average molecular weight is 358 g/mol. The van der Waals surface area contributed by atoms with Gasteiger partial charge in [0.05, 0.1) is 9.82 Å². The van der Waals surface area contributed by atoms with Gasteiger partial charge in [0, 0.05) is 17.9 Å². The Morgan fingerprint density at radius 1 is 1.44 bits per heavy atom. The molecule has 0 unspecified atom stereocenters. The maximum atomic E-state index is 11.8. The molecule has 0 atom stereocenters. The lowest BCUT2D eigenvalue weighted by molar-refractivity contribution is -0.384. The number of benzene rings is 1. The van der Waals surface area contributed by atoms with Gasteiger partial charge in [-0.15, -0.1) is 0 Å². The molecule has 0 saturated heterocycles. The fraction of sp³-hybridized carbons (Fsp3) is 0.333. The summed E-state index contributed by atoms with van der Waals surface area (Å²) in [6, 6.07) is 3.36. The molecule has 100 valence electrons. The Morgan fingerprint density at radius 2 is 2.11 bits per heavy atom. The van der Waals surface area contributed by atoms with Crippen LogP contribution in [0.2, 0.25) is 5.02 Å². The van der Waals surface area contributed by atoms with E-state index in [1.165, 1.54) is 12.1 Å². The molecule has 9 heteroatoms. The summed E-state index contributed by atoms with van der Waals surface area (Å²) >= 11 is 8.78. The molecule has 0 bridgehead atoms. The lowest BCUT2D eigenvalue weighted by Gasteiger charge is -2.06. The van der Waals surface area contributed by atoms with Crippen LogP contribution in [-0.2, 0) is 10.0 Å². The number of nitro benzene ring substituents is 1. The summed E-state index contributed by atoms with van der Waals surface area (Å²) in [6.07, 6.45) is 0.620. The number of nitrogens with one attached hydrogen (secondary N) is 1. The quantitative estimate of drug-likeness (QED) is 0.366. The Bertz CT molecular complexity index is 549. The summed E-state index contributed by atoms with van der Waals surface area (Å²) in [4.78, 5) is 9.77. The molecule has 6 nitrogen and oxygen atoms in total. The zero-order chi connectivity index (χ0) is 13.8. The molecule has 0 radical (unpaired) electrons. The van der Waals surface area contributed by atoms with Crippen molar-refractivity contribution in [3.63, 3.8) is 0 Å². The van der Waals surface area contributed by atoms with Crippen molar-refractivity contribution in [1.82, 2.24) is 4.72 Å². The van der Waals surface area contributed by atoms with Gasteiger partial charge in [0.15, 0.2) is 0 Å². The molecule has 0 spiro atoms. The van der Waals surface area contributed by atoms with Crippen LogP contribution < -0.4 is 4.72 Å². The smallest absolute Gasteiger partial charge is 0.258 e. The molecule has 0 aliphatic carbocycles. The van der Waals surface area contributed by atoms with Crippen molar-refractivity contribution in [2.45, 2.75) is 11.3 Å². The molecule has 1 aromatic rings. The third-order valence-electron chi connectivity index (χ3n) is 2.03. The predicted octanol–water partition coefficient (Wildman–Crippen LogP) is 2.31. The highest BCUT2D eigenvalue weighted by Crippen LogP contribution is 2.26. The Balaban J connectivity index is 3.02. The first-order valence-electron chi connectivity index (χ1n) is 4.88. The molecule has 0 saturated carbocycles. The van der Waals surface area contributed by atoms with E-state index in [1.54, 1.807) is 0 Å². The van der Waals surface area contributed by atoms with E-state index in [-0.39, 0.29) is 16.5 Å². The van der Waals surface area contributed by atoms with Gasteiger partial charge < -0.3 is 0 Å². The summed E-state index contributed by atoms with van der Waals surface area (Å²) in [5, 5.41) is 11.2. The van der Waals surface area contributed by atoms with E-state index in [2.05, 4.69) is 20.7 Å². The van der Waals surface area contributed by atoms with Crippen molar-refractivity contribution in [3.05, 3.63) is 33.3 Å². The van der Waals surface area contributed by atoms with E-state index in [4.69, 9.17) is 11.6 Å². The number of alkyl halides is 1. The minimum Gasteiger partial charge on any atom is -0.258 e. The third kappa shape index (κ3) is 3.91. The van der Waals surface area contributed by atoms with Crippen LogP contribution in [0.5, 0.6) is 0 Å². The minimum atomic E-state index is -3.74. The van der Waals surface area contributed by atoms with Crippen molar-refractivity contribution in [3.8, 4) is 0 Å². The van der Waals surface area contributed by atoms with Gasteiger partial charge in [-0.2, -0.15) is 0 Å². The fourth-order valence-electron chi connectivity index (χ4n) is 1.16. The number of halogens is 2. The molecule has 18 heavy (non-hydrogen) atoms. The van der Waals surface area contributed by atoms with Gasteiger partial charge in [0.1, 0.15) is 5.02 Å². The van der Waals surface area contributed by atoms with E-state index in [0.717, 1.165) is 6.07 Å². The van der Waals surface area contributed by atoms with Crippen LogP contribution in [0.15, 0.2) is 23.1 Å². The van der Waals surface area contributed by atoms with Crippen LogP contribution in [0.25, 0.3) is 0 Å². The minimum absolute atomic E-state index is 0.0978. The molecular formula is C9H10BrClN2O4S. The third-order valence-corrected chi connectivity index (χ3v) is 4.37. The first kappa shape index (κ1) is 15.4. The van der Waals surface area contributed by atoms with Crippen molar-refractivity contribution in [2.24, 2.45) is 0 Å². The predicted molar refractivity (Wildman–Crippen MR) is 71.7 cm³/mol. The van der Waals surface area contributed by atoms with E-state index in [9.17, 15) is 18.5 Å². The maximum Gasteiger partial charge on any atom is 0.289 e. The van der Waals surface area contributed by atoms with Gasteiger partial charge in [0.25, 0.3) is 5.69 Å². The van der Waals surface area contributed by atoms with Crippen LogP contribution in [0.1, 0.15) is 6.42 Å². The fourth-order valence-corrected chi connectivity index (χ4v) is 2.72. The second kappa shape index (κ2) is 6.46. The van der Waals surface area contributed by atoms with Crippen LogP contribution in [0.3, 0.4) is 0 Å². The molecule has 0 aromatic heterocycles. The number of hydrogen-bond donors (Lipinski definition) is 1. The second-order valence-corrected chi connectivity index (χ2v) is 6.28. The lowest BCUT2D eigenvalue weighted by Crippen LogP contribution is -2.25. The summed E-state index contributed by atoms with van der Waals surface area (Å²) in [7, 11) is -3.74. The van der Waals surface area contributed by atoms with Crippen molar-refractivity contribution in [1.29, 1.82) is 0 Å². The van der Waals surface area contributed by atoms with Gasteiger partial charge >= 0.3 is 0 Å². The normalized spacial score (nSPS) is 11.4. The van der Waals surface area contributed by atoms with Gasteiger partial charge in [0.2, 0.25) is 10.0 Å². The molecule has 1 rings (SSSR count). The van der Waals surface area contributed by atoms with E-state index < -0.39 is 20.6 Å². The number of rotatable bonds is 6. The van der Waals surface area contributed by atoms with Crippen molar-refractivity contribution < 1.29 is 13.3 Å².